The summed E-state index contributed by atoms with van der Waals surface area (Å²) in [6, 6.07) is 9.03. The third-order valence-electron chi connectivity index (χ3n) is 5.54. The Kier molecular flexibility index (Phi) is 3.88. The highest BCUT2D eigenvalue weighted by molar-refractivity contribution is 5.77. The molecule has 0 radical (unpaired) electrons. The van der Waals surface area contributed by atoms with E-state index >= 15 is 0 Å². The van der Waals surface area contributed by atoms with Crippen LogP contribution in [0.5, 0.6) is 0 Å². The van der Waals surface area contributed by atoms with Gasteiger partial charge >= 0.3 is 6.03 Å². The van der Waals surface area contributed by atoms with Gasteiger partial charge in [-0.2, -0.15) is 9.78 Å². The summed E-state index contributed by atoms with van der Waals surface area (Å²) in [7, 11) is 0. The van der Waals surface area contributed by atoms with Crippen molar-refractivity contribution in [2.75, 3.05) is 13.1 Å². The maximum atomic E-state index is 12.5. The van der Waals surface area contributed by atoms with Gasteiger partial charge in [0.05, 0.1) is 6.20 Å². The monoisotopic (exact) mass is 324 g/mol. The van der Waals surface area contributed by atoms with Gasteiger partial charge in [0.1, 0.15) is 0 Å². The zero-order valence-electron chi connectivity index (χ0n) is 14.3. The summed E-state index contributed by atoms with van der Waals surface area (Å²) in [6.07, 6.45) is 5.93. The molecule has 24 heavy (non-hydrogen) atoms. The Morgan fingerprint density at radius 3 is 2.71 bits per heavy atom. The summed E-state index contributed by atoms with van der Waals surface area (Å²) in [5.74, 6) is 0.598. The number of piperidine rings is 3. The van der Waals surface area contributed by atoms with Gasteiger partial charge in [0, 0.05) is 30.4 Å². The maximum absolute atomic E-state index is 12.5. The van der Waals surface area contributed by atoms with Gasteiger partial charge in [0.25, 0.3) is 0 Å². The van der Waals surface area contributed by atoms with Gasteiger partial charge in [-0.05, 0) is 44.7 Å². The second kappa shape index (κ2) is 6.06. The summed E-state index contributed by atoms with van der Waals surface area (Å²) >= 11 is 0. The Hall–Kier alpha value is -2.14. The van der Waals surface area contributed by atoms with Crippen LogP contribution < -0.4 is 5.32 Å². The molecule has 3 aliphatic heterocycles. The lowest BCUT2D eigenvalue weighted by molar-refractivity contribution is 0.0321. The lowest BCUT2D eigenvalue weighted by Gasteiger charge is -2.48. The van der Waals surface area contributed by atoms with Gasteiger partial charge in [-0.3, -0.25) is 4.90 Å². The fourth-order valence-corrected chi connectivity index (χ4v) is 4.01. The molecule has 5 rings (SSSR count). The van der Waals surface area contributed by atoms with Crippen molar-refractivity contribution in [3.63, 3.8) is 0 Å². The average molecular weight is 324 g/mol. The van der Waals surface area contributed by atoms with E-state index in [0.29, 0.717) is 12.0 Å². The third-order valence-corrected chi connectivity index (χ3v) is 5.54. The van der Waals surface area contributed by atoms with Crippen molar-refractivity contribution in [1.29, 1.82) is 0 Å². The maximum Gasteiger partial charge on any atom is 0.342 e. The summed E-state index contributed by atoms with van der Waals surface area (Å²) < 4.78 is 1.43. The number of carbonyl (C=O) groups is 1. The van der Waals surface area contributed by atoms with Crippen LogP contribution >= 0.6 is 0 Å². The number of benzene rings is 1. The van der Waals surface area contributed by atoms with Crippen molar-refractivity contribution in [2.45, 2.75) is 38.8 Å². The molecule has 1 aromatic heterocycles. The first-order chi connectivity index (χ1) is 11.6. The van der Waals surface area contributed by atoms with E-state index in [0.717, 1.165) is 24.2 Å². The molecule has 2 bridgehead atoms. The van der Waals surface area contributed by atoms with Gasteiger partial charge in [0.15, 0.2) is 0 Å². The first kappa shape index (κ1) is 15.4. The molecule has 2 aromatic rings. The fourth-order valence-electron chi connectivity index (χ4n) is 4.01. The molecule has 3 unspecified atom stereocenters. The Bertz CT molecular complexity index is 736. The smallest absolute Gasteiger partial charge is 0.332 e. The zero-order chi connectivity index (χ0) is 16.7. The Balaban J connectivity index is 1.45. The van der Waals surface area contributed by atoms with Crippen LogP contribution in [0.4, 0.5) is 4.79 Å². The molecule has 0 spiro atoms. The number of carbonyl (C=O) groups excluding carboxylic acids is 1. The number of rotatable bonds is 2. The van der Waals surface area contributed by atoms with Crippen LogP contribution in [0.2, 0.25) is 0 Å². The number of aryl methyl sites for hydroxylation is 1. The van der Waals surface area contributed by atoms with Crippen LogP contribution in [0, 0.1) is 12.8 Å². The largest absolute Gasteiger partial charge is 0.342 e. The van der Waals surface area contributed by atoms with Crippen LogP contribution in [0.1, 0.15) is 25.3 Å². The predicted octanol–water partition coefficient (Wildman–Crippen LogP) is 2.90. The SMILES string of the molecule is Cc1ccc(-c2cnn(C(=O)N[C@H]3CN4CCC3CC4C)c2)cc1. The molecule has 3 aliphatic rings. The summed E-state index contributed by atoms with van der Waals surface area (Å²) in [4.78, 5) is 15.0. The third kappa shape index (κ3) is 2.84. The minimum absolute atomic E-state index is 0.125. The first-order valence-electron chi connectivity index (χ1n) is 8.77. The second-order valence-electron chi connectivity index (χ2n) is 7.22. The van der Waals surface area contributed by atoms with E-state index in [9.17, 15) is 4.79 Å². The van der Waals surface area contributed by atoms with Crippen LogP contribution in [-0.2, 0) is 0 Å². The van der Waals surface area contributed by atoms with Crippen LogP contribution in [0.25, 0.3) is 11.1 Å². The van der Waals surface area contributed by atoms with Crippen LogP contribution in [0.3, 0.4) is 0 Å². The number of nitrogens with zero attached hydrogens (tertiary/aromatic N) is 3. The Morgan fingerprint density at radius 2 is 2.04 bits per heavy atom. The minimum atomic E-state index is -0.125. The highest BCUT2D eigenvalue weighted by atomic mass is 16.2. The topological polar surface area (TPSA) is 50.2 Å². The van der Waals surface area contributed by atoms with Crippen molar-refractivity contribution in [2.24, 2.45) is 5.92 Å². The lowest BCUT2D eigenvalue weighted by Crippen LogP contribution is -2.60. The molecule has 126 valence electrons. The minimum Gasteiger partial charge on any atom is -0.332 e. The van der Waals surface area contributed by atoms with Crippen molar-refractivity contribution in [1.82, 2.24) is 20.0 Å². The summed E-state index contributed by atoms with van der Waals surface area (Å²) in [5.41, 5.74) is 3.27. The van der Waals surface area contributed by atoms with Gasteiger partial charge < -0.3 is 5.32 Å². The number of aromatic nitrogens is 2. The molecule has 0 saturated carbocycles. The molecule has 1 aromatic carbocycles. The molecule has 5 heteroatoms. The Morgan fingerprint density at radius 1 is 1.25 bits per heavy atom. The normalized spacial score (nSPS) is 28.8. The van der Waals surface area contributed by atoms with E-state index in [2.05, 4.69) is 53.4 Å². The predicted molar refractivity (Wildman–Crippen MR) is 93.9 cm³/mol. The van der Waals surface area contributed by atoms with Gasteiger partial charge in [0.2, 0.25) is 0 Å². The quantitative estimate of drug-likeness (QED) is 0.924. The first-order valence-corrected chi connectivity index (χ1v) is 8.77. The number of hydrogen-bond acceptors (Lipinski definition) is 3. The molecule has 1 amide bonds. The van der Waals surface area contributed by atoms with Crippen molar-refractivity contribution < 1.29 is 4.79 Å². The van der Waals surface area contributed by atoms with Crippen molar-refractivity contribution in [3.8, 4) is 11.1 Å². The molecule has 3 saturated heterocycles. The standard InChI is InChI=1S/C19H24N4O/c1-13-3-5-15(6-4-13)17-10-20-23(11-17)19(24)21-18-12-22-8-7-16(18)9-14(22)2/h3-6,10-11,14,16,18H,7-9,12H2,1-2H3,(H,21,24)/t14?,16?,18-/m0/s1. The second-order valence-corrected chi connectivity index (χ2v) is 7.22. The molecule has 3 fully saturated rings. The van der Waals surface area contributed by atoms with E-state index in [1.54, 1.807) is 6.20 Å². The molecule has 5 nitrogen and oxygen atoms in total. The average Bonchev–Trinajstić information content (AvgIpc) is 3.07. The van der Waals surface area contributed by atoms with Gasteiger partial charge in [-0.1, -0.05) is 29.8 Å². The van der Waals surface area contributed by atoms with Crippen molar-refractivity contribution >= 4 is 6.03 Å². The molecular weight excluding hydrogens is 300 g/mol. The van der Waals surface area contributed by atoms with E-state index in [4.69, 9.17) is 0 Å². The number of fused-ring (bicyclic) bond motifs is 3. The molecule has 1 N–H and O–H groups in total. The van der Waals surface area contributed by atoms with Gasteiger partial charge in [-0.15, -0.1) is 0 Å². The Labute approximate surface area is 142 Å². The molecule has 4 atom stereocenters. The van der Waals surface area contributed by atoms with Gasteiger partial charge in [-0.25, -0.2) is 4.79 Å². The highest BCUT2D eigenvalue weighted by Gasteiger charge is 2.38. The number of amides is 1. The molecule has 0 aliphatic carbocycles. The summed E-state index contributed by atoms with van der Waals surface area (Å²) in [5, 5.41) is 7.43. The van der Waals surface area contributed by atoms with E-state index in [1.807, 2.05) is 6.20 Å². The fraction of sp³-hybridized carbons (Fsp3) is 0.474. The van der Waals surface area contributed by atoms with E-state index in [-0.39, 0.29) is 12.1 Å². The molecular formula is C19H24N4O. The van der Waals surface area contributed by atoms with E-state index < -0.39 is 0 Å². The number of nitrogens with one attached hydrogen (secondary N) is 1. The zero-order valence-corrected chi connectivity index (χ0v) is 14.3. The van der Waals surface area contributed by atoms with Crippen LogP contribution in [-0.4, -0.2) is 45.9 Å². The van der Waals surface area contributed by atoms with Crippen LogP contribution in [0.15, 0.2) is 36.7 Å². The molecule has 4 heterocycles. The lowest BCUT2D eigenvalue weighted by atomic mass is 9.80. The number of hydrogen-bond donors (Lipinski definition) is 1. The highest BCUT2D eigenvalue weighted by Crippen LogP contribution is 2.32. The van der Waals surface area contributed by atoms with E-state index in [1.165, 1.54) is 23.1 Å². The summed E-state index contributed by atoms with van der Waals surface area (Å²) in [6.45, 7) is 6.47. The van der Waals surface area contributed by atoms with Crippen molar-refractivity contribution in [3.05, 3.63) is 42.2 Å².